The van der Waals surface area contributed by atoms with Crippen molar-refractivity contribution in [2.45, 2.75) is 6.42 Å². The zero-order chi connectivity index (χ0) is 23.3. The highest BCUT2D eigenvalue weighted by Gasteiger charge is 2.12. The number of aromatic nitrogens is 6. The van der Waals surface area contributed by atoms with Crippen LogP contribution >= 0.6 is 0 Å². The lowest BCUT2D eigenvalue weighted by Gasteiger charge is -2.10. The number of hydrogen-bond donors (Lipinski definition) is 2. The van der Waals surface area contributed by atoms with Gasteiger partial charge < -0.3 is 15.1 Å². The number of fused-ring (bicyclic) bond motifs is 1. The summed E-state index contributed by atoms with van der Waals surface area (Å²) in [4.78, 5) is 29.7. The summed E-state index contributed by atoms with van der Waals surface area (Å²) in [6.07, 6.45) is 8.53. The fourth-order valence-electron chi connectivity index (χ4n) is 3.70. The second-order valence-electron chi connectivity index (χ2n) is 7.42. The first-order valence-electron chi connectivity index (χ1n) is 10.6. The molecule has 10 heteroatoms. The molecule has 1 amide bonds. The van der Waals surface area contributed by atoms with Crippen LogP contribution in [0.25, 0.3) is 33.6 Å². The first-order chi connectivity index (χ1) is 16.7. The molecule has 2 N–H and O–H groups in total. The Kier molecular flexibility index (Phi) is 5.85. The van der Waals surface area contributed by atoms with Gasteiger partial charge in [-0.15, -0.1) is 10.2 Å². The van der Waals surface area contributed by atoms with Crippen LogP contribution in [0.2, 0.25) is 0 Å². The smallest absolute Gasteiger partial charge is 0.251 e. The SMILES string of the molecule is CNC(=O)c1ccnc2c(CCNc3cc(-c4cncc(-c5nnco5)c4)ncn3)cccc12. The van der Waals surface area contributed by atoms with Crippen LogP contribution in [0.15, 0.2) is 72.1 Å². The maximum absolute atomic E-state index is 12.2. The second-order valence-corrected chi connectivity index (χ2v) is 7.42. The van der Waals surface area contributed by atoms with Crippen LogP contribution in [0.3, 0.4) is 0 Å². The number of hydrogen-bond acceptors (Lipinski definition) is 9. The van der Waals surface area contributed by atoms with Gasteiger partial charge in [0.25, 0.3) is 5.91 Å². The number of pyridine rings is 2. The number of rotatable bonds is 7. The van der Waals surface area contributed by atoms with Crippen molar-refractivity contribution in [2.24, 2.45) is 0 Å². The molecule has 0 aliphatic heterocycles. The third kappa shape index (κ3) is 4.29. The number of para-hydroxylation sites is 1. The Morgan fingerprint density at radius 2 is 1.97 bits per heavy atom. The van der Waals surface area contributed by atoms with Crippen molar-refractivity contribution >= 4 is 22.6 Å². The highest BCUT2D eigenvalue weighted by molar-refractivity contribution is 6.06. The van der Waals surface area contributed by atoms with Crippen LogP contribution in [0.5, 0.6) is 0 Å². The standard InChI is InChI=1S/C24H20N8O2/c1-25-23(33)19-6-8-28-22-15(3-2-4-18(19)22)5-7-27-21-10-20(29-13-30-21)16-9-17(12-26-11-16)24-32-31-14-34-24/h2-4,6,8-14H,5,7H2,1H3,(H,25,33)(H,27,29,30). The molecular formula is C24H20N8O2. The Labute approximate surface area is 194 Å². The largest absolute Gasteiger partial charge is 0.423 e. The molecule has 10 nitrogen and oxygen atoms in total. The molecule has 4 heterocycles. The zero-order valence-corrected chi connectivity index (χ0v) is 18.3. The number of benzene rings is 1. The van der Waals surface area contributed by atoms with E-state index >= 15 is 0 Å². The Morgan fingerprint density at radius 3 is 2.82 bits per heavy atom. The van der Waals surface area contributed by atoms with E-state index in [0.29, 0.717) is 41.5 Å². The van der Waals surface area contributed by atoms with E-state index < -0.39 is 0 Å². The molecule has 1 aromatic carbocycles. The van der Waals surface area contributed by atoms with Crippen molar-refractivity contribution in [1.29, 1.82) is 0 Å². The van der Waals surface area contributed by atoms with Crippen LogP contribution in [-0.2, 0) is 6.42 Å². The molecule has 168 valence electrons. The Bertz CT molecular complexity index is 1450. The Morgan fingerprint density at radius 1 is 1.06 bits per heavy atom. The van der Waals surface area contributed by atoms with E-state index in [9.17, 15) is 4.79 Å². The van der Waals surface area contributed by atoms with E-state index in [-0.39, 0.29) is 5.91 Å². The van der Waals surface area contributed by atoms with Gasteiger partial charge in [0.1, 0.15) is 12.1 Å². The number of amides is 1. The summed E-state index contributed by atoms with van der Waals surface area (Å²) in [5, 5.41) is 14.5. The molecule has 0 atom stereocenters. The van der Waals surface area contributed by atoms with Crippen LogP contribution in [0.1, 0.15) is 15.9 Å². The molecule has 0 saturated heterocycles. The van der Waals surface area contributed by atoms with Crippen LogP contribution in [0.4, 0.5) is 5.82 Å². The highest BCUT2D eigenvalue weighted by Crippen LogP contribution is 2.24. The highest BCUT2D eigenvalue weighted by atomic mass is 16.4. The third-order valence-electron chi connectivity index (χ3n) is 5.33. The van der Waals surface area contributed by atoms with Crippen molar-refractivity contribution in [2.75, 3.05) is 18.9 Å². The molecule has 0 unspecified atom stereocenters. The molecule has 0 spiro atoms. The first-order valence-corrected chi connectivity index (χ1v) is 10.6. The third-order valence-corrected chi connectivity index (χ3v) is 5.33. The number of nitrogens with one attached hydrogen (secondary N) is 2. The molecular weight excluding hydrogens is 432 g/mol. The summed E-state index contributed by atoms with van der Waals surface area (Å²) in [5.41, 5.74) is 4.70. The molecule has 0 aliphatic rings. The van der Waals surface area contributed by atoms with E-state index in [1.165, 1.54) is 12.7 Å². The Hall–Kier alpha value is -4.73. The Balaban J connectivity index is 1.32. The minimum Gasteiger partial charge on any atom is -0.423 e. The molecule has 5 rings (SSSR count). The summed E-state index contributed by atoms with van der Waals surface area (Å²) in [6.45, 7) is 0.627. The van der Waals surface area contributed by atoms with Crippen LogP contribution < -0.4 is 10.6 Å². The summed E-state index contributed by atoms with van der Waals surface area (Å²) >= 11 is 0. The maximum Gasteiger partial charge on any atom is 0.251 e. The predicted octanol–water partition coefficient (Wildman–Crippen LogP) is 3.15. The molecule has 4 aromatic heterocycles. The van der Waals surface area contributed by atoms with Gasteiger partial charge in [-0.1, -0.05) is 18.2 Å². The maximum atomic E-state index is 12.2. The average Bonchev–Trinajstić information content (AvgIpc) is 3.44. The second kappa shape index (κ2) is 9.41. The van der Waals surface area contributed by atoms with E-state index in [4.69, 9.17) is 4.42 Å². The lowest BCUT2D eigenvalue weighted by atomic mass is 10.0. The minimum absolute atomic E-state index is 0.131. The van der Waals surface area contributed by atoms with Crippen LogP contribution in [-0.4, -0.2) is 49.6 Å². The summed E-state index contributed by atoms with van der Waals surface area (Å²) in [7, 11) is 1.62. The van der Waals surface area contributed by atoms with Gasteiger partial charge in [-0.05, 0) is 24.1 Å². The molecule has 0 radical (unpaired) electrons. The van der Waals surface area contributed by atoms with E-state index in [2.05, 4.69) is 40.8 Å². The predicted molar refractivity (Wildman–Crippen MR) is 126 cm³/mol. The molecule has 0 aliphatic carbocycles. The van der Waals surface area contributed by atoms with E-state index in [1.807, 2.05) is 30.3 Å². The zero-order valence-electron chi connectivity index (χ0n) is 18.3. The fourth-order valence-corrected chi connectivity index (χ4v) is 3.70. The number of nitrogens with zero attached hydrogens (tertiary/aromatic N) is 6. The molecule has 0 bridgehead atoms. The van der Waals surface area contributed by atoms with Gasteiger partial charge in [-0.2, -0.15) is 0 Å². The summed E-state index contributed by atoms with van der Waals surface area (Å²) in [6, 6.07) is 11.4. The monoisotopic (exact) mass is 452 g/mol. The number of carbonyl (C=O) groups excluding carboxylic acids is 1. The van der Waals surface area contributed by atoms with Gasteiger partial charge in [0.2, 0.25) is 12.3 Å². The van der Waals surface area contributed by atoms with Crippen LogP contribution in [0, 0.1) is 0 Å². The normalized spacial score (nSPS) is 10.9. The molecule has 34 heavy (non-hydrogen) atoms. The van der Waals surface area contributed by atoms with Gasteiger partial charge in [-0.3, -0.25) is 14.8 Å². The van der Waals surface area contributed by atoms with E-state index in [0.717, 1.165) is 22.0 Å². The van der Waals surface area contributed by atoms with Gasteiger partial charge in [-0.25, -0.2) is 9.97 Å². The van der Waals surface area contributed by atoms with Crippen molar-refractivity contribution in [3.05, 3.63) is 78.8 Å². The summed E-state index contributed by atoms with van der Waals surface area (Å²) in [5.74, 6) is 0.950. The average molecular weight is 452 g/mol. The minimum atomic E-state index is -0.131. The van der Waals surface area contributed by atoms with Gasteiger partial charge in [0.15, 0.2) is 0 Å². The fraction of sp³-hybridized carbons (Fsp3) is 0.125. The first kappa shape index (κ1) is 21.1. The molecule has 0 saturated carbocycles. The van der Waals surface area contributed by atoms with Crippen molar-refractivity contribution in [3.63, 3.8) is 0 Å². The number of carbonyl (C=O) groups is 1. The van der Waals surface area contributed by atoms with Gasteiger partial charge in [0, 0.05) is 49.2 Å². The van der Waals surface area contributed by atoms with E-state index in [1.54, 1.807) is 31.7 Å². The summed E-state index contributed by atoms with van der Waals surface area (Å²) < 4.78 is 5.25. The molecule has 0 fully saturated rings. The lowest BCUT2D eigenvalue weighted by molar-refractivity contribution is 0.0964. The quantitative estimate of drug-likeness (QED) is 0.382. The van der Waals surface area contributed by atoms with Crippen molar-refractivity contribution in [3.8, 4) is 22.7 Å². The van der Waals surface area contributed by atoms with Gasteiger partial charge in [0.05, 0.1) is 22.3 Å². The number of anilines is 1. The van der Waals surface area contributed by atoms with Gasteiger partial charge >= 0.3 is 0 Å². The molecule has 5 aromatic rings. The van der Waals surface area contributed by atoms with Crippen molar-refractivity contribution < 1.29 is 9.21 Å². The lowest BCUT2D eigenvalue weighted by Crippen LogP contribution is -2.18. The topological polar surface area (TPSA) is 132 Å². The van der Waals surface area contributed by atoms with Crippen molar-refractivity contribution in [1.82, 2.24) is 35.5 Å².